The second-order valence-electron chi connectivity index (χ2n) is 3.64. The van der Waals surface area contributed by atoms with Crippen LogP contribution in [0.3, 0.4) is 0 Å². The summed E-state index contributed by atoms with van der Waals surface area (Å²) in [5.74, 6) is -2.16. The molecule has 2 atom stereocenters. The average molecular weight is 311 g/mol. The number of carbonyl (C=O) groups excluding carboxylic acids is 1. The van der Waals surface area contributed by atoms with E-state index in [1.807, 2.05) is 0 Å². The van der Waals surface area contributed by atoms with Crippen molar-refractivity contribution in [1.29, 1.82) is 0 Å². The van der Waals surface area contributed by atoms with E-state index >= 15 is 0 Å². The third-order valence-corrected chi connectivity index (χ3v) is 2.38. The summed E-state index contributed by atoms with van der Waals surface area (Å²) in [5, 5.41) is 10.6. The number of rotatable bonds is 5. The van der Waals surface area contributed by atoms with Gasteiger partial charge in [-0.3, -0.25) is 10.1 Å². The zero-order valence-corrected chi connectivity index (χ0v) is 11.2. The zero-order valence-electron chi connectivity index (χ0n) is 10.4. The van der Waals surface area contributed by atoms with Crippen LogP contribution in [0.5, 0.6) is 0 Å². The fraction of sp³-hybridized carbons (Fsp3) is 0.364. The van der Waals surface area contributed by atoms with Gasteiger partial charge in [0.2, 0.25) is 6.17 Å². The highest BCUT2D eigenvalue weighted by Crippen LogP contribution is 2.25. The normalized spacial score (nSPS) is 13.0. The van der Waals surface area contributed by atoms with Crippen LogP contribution in [0.1, 0.15) is 18.5 Å². The summed E-state index contributed by atoms with van der Waals surface area (Å²) in [6, 6.07) is 0.846. The van der Waals surface area contributed by atoms with Gasteiger partial charge in [0.25, 0.3) is 5.69 Å². The fourth-order valence-corrected chi connectivity index (χ4v) is 1.43. The number of nitrogens with two attached hydrogens (primary N) is 1. The maximum Gasteiger partial charge on any atom is 0.342 e. The van der Waals surface area contributed by atoms with Crippen molar-refractivity contribution in [3.05, 3.63) is 39.7 Å². The number of nitro benzene ring substituents is 1. The van der Waals surface area contributed by atoms with E-state index < -0.39 is 40.2 Å². The Balaban J connectivity index is 0.00000361. The molecule has 0 amide bonds. The zero-order chi connectivity index (χ0) is 14.6. The van der Waals surface area contributed by atoms with Crippen LogP contribution in [-0.2, 0) is 9.53 Å². The van der Waals surface area contributed by atoms with Crippen molar-refractivity contribution in [2.24, 2.45) is 5.73 Å². The van der Waals surface area contributed by atoms with Crippen LogP contribution in [0.4, 0.5) is 14.5 Å². The van der Waals surface area contributed by atoms with Crippen molar-refractivity contribution in [2.75, 3.05) is 6.61 Å². The van der Waals surface area contributed by atoms with E-state index in [1.165, 1.54) is 6.92 Å². The van der Waals surface area contributed by atoms with Crippen LogP contribution in [0, 0.1) is 15.9 Å². The molecule has 20 heavy (non-hydrogen) atoms. The number of halogens is 3. The van der Waals surface area contributed by atoms with Crippen molar-refractivity contribution in [3.63, 3.8) is 0 Å². The molecule has 0 fully saturated rings. The predicted octanol–water partition coefficient (Wildman–Crippen LogP) is 2.06. The second-order valence-corrected chi connectivity index (χ2v) is 3.64. The van der Waals surface area contributed by atoms with Crippen molar-refractivity contribution >= 4 is 24.1 Å². The summed E-state index contributed by atoms with van der Waals surface area (Å²) < 4.78 is 31.5. The summed E-state index contributed by atoms with van der Waals surface area (Å²) in [6.45, 7) is 1.42. The van der Waals surface area contributed by atoms with Crippen molar-refractivity contribution < 1.29 is 23.2 Å². The van der Waals surface area contributed by atoms with Gasteiger partial charge < -0.3 is 10.5 Å². The molecular formula is C11H13ClF2N2O4. The van der Waals surface area contributed by atoms with Crippen molar-refractivity contribution in [2.45, 2.75) is 19.1 Å². The Morgan fingerprint density at radius 2 is 2.15 bits per heavy atom. The molecule has 0 heterocycles. The van der Waals surface area contributed by atoms with Crippen LogP contribution >= 0.6 is 12.4 Å². The number of ether oxygens (including phenoxy) is 1. The predicted molar refractivity (Wildman–Crippen MR) is 68.8 cm³/mol. The summed E-state index contributed by atoms with van der Waals surface area (Å²) in [5.41, 5.74) is 4.51. The van der Waals surface area contributed by atoms with Gasteiger partial charge in [-0.2, -0.15) is 0 Å². The molecule has 0 spiro atoms. The largest absolute Gasteiger partial charge is 0.464 e. The van der Waals surface area contributed by atoms with Crippen LogP contribution in [0.2, 0.25) is 0 Å². The van der Waals surface area contributed by atoms with Gasteiger partial charge in [0.15, 0.2) is 0 Å². The Morgan fingerprint density at radius 1 is 1.55 bits per heavy atom. The molecule has 0 aliphatic heterocycles. The molecular weight excluding hydrogens is 298 g/mol. The van der Waals surface area contributed by atoms with Crippen LogP contribution in [-0.4, -0.2) is 23.7 Å². The van der Waals surface area contributed by atoms with Crippen molar-refractivity contribution in [3.8, 4) is 0 Å². The molecule has 2 N–H and O–H groups in total. The van der Waals surface area contributed by atoms with Crippen LogP contribution in [0.25, 0.3) is 0 Å². The topological polar surface area (TPSA) is 95.5 Å². The number of esters is 1. The van der Waals surface area contributed by atoms with Gasteiger partial charge in [0.1, 0.15) is 5.82 Å². The second kappa shape index (κ2) is 7.71. The summed E-state index contributed by atoms with van der Waals surface area (Å²) in [4.78, 5) is 20.9. The lowest BCUT2D eigenvalue weighted by molar-refractivity contribution is -0.385. The first-order chi connectivity index (χ1) is 8.88. The summed E-state index contributed by atoms with van der Waals surface area (Å²) in [7, 11) is 0. The molecule has 0 aliphatic carbocycles. The molecule has 0 saturated carbocycles. The maximum atomic E-state index is 13.6. The molecule has 1 rings (SSSR count). The first-order valence-corrected chi connectivity index (χ1v) is 5.38. The highest BCUT2D eigenvalue weighted by molar-refractivity contribution is 5.85. The number of benzene rings is 1. The molecule has 1 aromatic carbocycles. The fourth-order valence-electron chi connectivity index (χ4n) is 1.43. The van der Waals surface area contributed by atoms with Gasteiger partial charge >= 0.3 is 5.97 Å². The van der Waals surface area contributed by atoms with Crippen LogP contribution in [0.15, 0.2) is 18.2 Å². The van der Waals surface area contributed by atoms with E-state index in [-0.39, 0.29) is 19.0 Å². The van der Waals surface area contributed by atoms with Crippen LogP contribution < -0.4 is 5.73 Å². The summed E-state index contributed by atoms with van der Waals surface area (Å²) >= 11 is 0. The van der Waals surface area contributed by atoms with E-state index in [2.05, 4.69) is 4.74 Å². The highest BCUT2D eigenvalue weighted by Gasteiger charge is 2.30. The SMILES string of the molecule is CCOC(=O)C(F)[C@@H](N)c1cc([N+](=O)[O-])ccc1F.Cl. The van der Waals surface area contributed by atoms with Crippen molar-refractivity contribution in [1.82, 2.24) is 0 Å². The van der Waals surface area contributed by atoms with E-state index in [1.54, 1.807) is 0 Å². The molecule has 0 radical (unpaired) electrons. The monoisotopic (exact) mass is 310 g/mol. The molecule has 0 aliphatic rings. The molecule has 6 nitrogen and oxygen atoms in total. The summed E-state index contributed by atoms with van der Waals surface area (Å²) in [6.07, 6.45) is -2.29. The smallest absolute Gasteiger partial charge is 0.342 e. The molecule has 112 valence electrons. The van der Waals surface area contributed by atoms with Gasteiger partial charge in [-0.25, -0.2) is 13.6 Å². The Bertz CT molecular complexity index is 501. The Hall–Kier alpha value is -1.80. The average Bonchev–Trinajstić information content (AvgIpc) is 2.37. The van der Waals surface area contributed by atoms with E-state index in [4.69, 9.17) is 5.73 Å². The molecule has 1 unspecified atom stereocenters. The van der Waals surface area contributed by atoms with E-state index in [9.17, 15) is 23.7 Å². The quantitative estimate of drug-likeness (QED) is 0.510. The number of nitro groups is 1. The van der Waals surface area contributed by atoms with Gasteiger partial charge in [-0.05, 0) is 13.0 Å². The minimum Gasteiger partial charge on any atom is -0.464 e. The minimum atomic E-state index is -2.29. The number of alkyl halides is 1. The van der Waals surface area contributed by atoms with E-state index in [0.29, 0.717) is 0 Å². The Kier molecular flexibility index (Phi) is 7.01. The maximum absolute atomic E-state index is 13.6. The van der Waals surface area contributed by atoms with Gasteiger partial charge in [0.05, 0.1) is 17.6 Å². The molecule has 0 saturated heterocycles. The third kappa shape index (κ3) is 4.10. The molecule has 9 heteroatoms. The lowest BCUT2D eigenvalue weighted by atomic mass is 10.0. The first-order valence-electron chi connectivity index (χ1n) is 5.38. The number of carbonyl (C=O) groups is 1. The Morgan fingerprint density at radius 3 is 2.65 bits per heavy atom. The van der Waals surface area contributed by atoms with Gasteiger partial charge in [-0.15, -0.1) is 12.4 Å². The molecule has 0 aromatic heterocycles. The first kappa shape index (κ1) is 18.2. The minimum absolute atomic E-state index is 0. The van der Waals surface area contributed by atoms with Gasteiger partial charge in [0, 0.05) is 17.7 Å². The highest BCUT2D eigenvalue weighted by atomic mass is 35.5. The Labute approximate surface area is 119 Å². The lowest BCUT2D eigenvalue weighted by Crippen LogP contribution is -2.32. The number of non-ortho nitro benzene ring substituents is 1. The van der Waals surface area contributed by atoms with E-state index in [0.717, 1.165) is 18.2 Å². The standard InChI is InChI=1S/C11H12F2N2O4.ClH/c1-2-19-11(16)9(13)10(14)7-5-6(15(17)18)3-4-8(7)12;/h3-5,9-10H,2,14H2,1H3;1H/t9?,10-;/m0./s1. The molecule has 0 bridgehead atoms. The number of hydrogen-bond donors (Lipinski definition) is 1. The third-order valence-electron chi connectivity index (χ3n) is 2.38. The van der Waals surface area contributed by atoms with Gasteiger partial charge in [-0.1, -0.05) is 0 Å². The number of nitrogens with zero attached hydrogens (tertiary/aromatic N) is 1. The molecule has 1 aromatic rings. The number of hydrogen-bond acceptors (Lipinski definition) is 5. The lowest BCUT2D eigenvalue weighted by Gasteiger charge is -2.16.